The number of H-pyrrole nitrogens is 1. The van der Waals surface area contributed by atoms with Gasteiger partial charge >= 0.3 is 0 Å². The first-order valence-corrected chi connectivity index (χ1v) is 7.45. The van der Waals surface area contributed by atoms with E-state index in [0.29, 0.717) is 13.0 Å². The highest BCUT2D eigenvalue weighted by molar-refractivity contribution is 5.92. The van der Waals surface area contributed by atoms with Gasteiger partial charge in [-0.25, -0.2) is 9.97 Å². The van der Waals surface area contributed by atoms with Gasteiger partial charge < -0.3 is 10.3 Å². The van der Waals surface area contributed by atoms with Gasteiger partial charge in [0.15, 0.2) is 0 Å². The number of rotatable bonds is 6. The summed E-state index contributed by atoms with van der Waals surface area (Å²) in [4.78, 5) is 33.6. The van der Waals surface area contributed by atoms with Gasteiger partial charge in [0, 0.05) is 12.7 Å². The Hall–Kier alpha value is -3.29. The van der Waals surface area contributed by atoms with Crippen LogP contribution in [0.3, 0.4) is 0 Å². The summed E-state index contributed by atoms with van der Waals surface area (Å²) >= 11 is 0. The average molecular weight is 324 g/mol. The van der Waals surface area contributed by atoms with Gasteiger partial charge in [-0.15, -0.1) is 0 Å². The Morgan fingerprint density at radius 2 is 2.12 bits per heavy atom. The first kappa shape index (κ1) is 15.6. The van der Waals surface area contributed by atoms with Gasteiger partial charge in [-0.2, -0.15) is 5.10 Å². The Balaban J connectivity index is 1.75. The number of hydrogen-bond acceptors (Lipinski definition) is 5. The zero-order valence-corrected chi connectivity index (χ0v) is 12.8. The number of nitrogens with one attached hydrogen (secondary N) is 2. The topological polar surface area (TPSA) is 106 Å². The Morgan fingerprint density at radius 3 is 2.79 bits per heavy atom. The summed E-state index contributed by atoms with van der Waals surface area (Å²) in [6, 6.07) is 9.45. The van der Waals surface area contributed by atoms with Crippen LogP contribution in [0.25, 0.3) is 0 Å². The molecule has 0 aliphatic heterocycles. The van der Waals surface area contributed by atoms with E-state index < -0.39 is 0 Å². The molecule has 3 aromatic rings. The van der Waals surface area contributed by atoms with Crippen LogP contribution < -0.4 is 10.9 Å². The lowest BCUT2D eigenvalue weighted by Gasteiger charge is -2.19. The lowest BCUT2D eigenvalue weighted by molar-refractivity contribution is 0.0927. The normalized spacial score (nSPS) is 11.8. The maximum Gasteiger partial charge on any atom is 0.271 e. The summed E-state index contributed by atoms with van der Waals surface area (Å²) < 4.78 is 1.71. The number of hydrogen-bond donors (Lipinski definition) is 2. The van der Waals surface area contributed by atoms with Crippen molar-refractivity contribution in [2.75, 3.05) is 0 Å². The van der Waals surface area contributed by atoms with E-state index >= 15 is 0 Å². The van der Waals surface area contributed by atoms with E-state index in [1.807, 2.05) is 30.3 Å². The molecule has 0 saturated carbocycles. The predicted octanol–water partition coefficient (Wildman–Crippen LogP) is 0.923. The summed E-state index contributed by atoms with van der Waals surface area (Å²) in [6.07, 6.45) is 6.13. The Kier molecular flexibility index (Phi) is 4.76. The van der Waals surface area contributed by atoms with Gasteiger partial charge in [0.1, 0.15) is 18.3 Å². The molecule has 0 fully saturated rings. The van der Waals surface area contributed by atoms with E-state index in [4.69, 9.17) is 0 Å². The van der Waals surface area contributed by atoms with Crippen molar-refractivity contribution in [1.82, 2.24) is 30.0 Å². The molecule has 0 unspecified atom stereocenters. The number of carbonyl (C=O) groups excluding carboxylic acids is 1. The number of carbonyl (C=O) groups is 1. The molecule has 2 aromatic heterocycles. The second kappa shape index (κ2) is 7.32. The molecule has 0 spiro atoms. The number of nitrogens with zero attached hydrogens (tertiary/aromatic N) is 4. The number of aromatic amines is 1. The Bertz CT molecular complexity index is 824. The first-order chi connectivity index (χ1) is 11.7. The van der Waals surface area contributed by atoms with Crippen molar-refractivity contribution < 1.29 is 4.79 Å². The monoisotopic (exact) mass is 324 g/mol. The maximum absolute atomic E-state index is 12.4. The van der Waals surface area contributed by atoms with Gasteiger partial charge in [0.2, 0.25) is 0 Å². The van der Waals surface area contributed by atoms with Crippen molar-refractivity contribution in [1.29, 1.82) is 0 Å². The molecule has 0 aliphatic carbocycles. The van der Waals surface area contributed by atoms with Gasteiger partial charge in [-0.05, 0) is 12.0 Å². The highest BCUT2D eigenvalue weighted by Crippen LogP contribution is 2.17. The lowest BCUT2D eigenvalue weighted by atomic mass is 10.0. The van der Waals surface area contributed by atoms with Crippen LogP contribution in [0.4, 0.5) is 0 Å². The minimum atomic E-state index is -0.350. The molecule has 0 radical (unpaired) electrons. The molecule has 24 heavy (non-hydrogen) atoms. The largest absolute Gasteiger partial charge is 0.344 e. The molecule has 2 heterocycles. The van der Waals surface area contributed by atoms with Crippen molar-refractivity contribution in [2.24, 2.45) is 0 Å². The van der Waals surface area contributed by atoms with Crippen molar-refractivity contribution in [3.8, 4) is 0 Å². The van der Waals surface area contributed by atoms with Crippen LogP contribution in [0.1, 0.15) is 28.5 Å². The second-order valence-electron chi connectivity index (χ2n) is 5.18. The van der Waals surface area contributed by atoms with Crippen molar-refractivity contribution in [3.63, 3.8) is 0 Å². The summed E-state index contributed by atoms with van der Waals surface area (Å²) in [6.45, 7) is 0.610. The van der Waals surface area contributed by atoms with Crippen LogP contribution in [-0.4, -0.2) is 30.6 Å². The van der Waals surface area contributed by atoms with Crippen molar-refractivity contribution >= 4 is 5.91 Å². The molecule has 3 rings (SSSR count). The van der Waals surface area contributed by atoms with E-state index in [-0.39, 0.29) is 23.2 Å². The first-order valence-electron chi connectivity index (χ1n) is 7.45. The number of benzene rings is 1. The molecule has 8 nitrogen and oxygen atoms in total. The molecule has 0 bridgehead atoms. The SMILES string of the molecule is O=C(N[C@H](CCn1cncn1)c1ccccc1)c1c[nH]c(=O)cn1. The highest BCUT2D eigenvalue weighted by Gasteiger charge is 2.17. The van der Waals surface area contributed by atoms with Crippen LogP contribution in [0.15, 0.2) is 60.2 Å². The van der Waals surface area contributed by atoms with Gasteiger partial charge in [-0.1, -0.05) is 30.3 Å². The molecule has 1 aromatic carbocycles. The molecule has 2 N–H and O–H groups in total. The smallest absolute Gasteiger partial charge is 0.271 e. The minimum Gasteiger partial charge on any atom is -0.344 e. The summed E-state index contributed by atoms with van der Waals surface area (Å²) in [7, 11) is 0. The molecule has 1 amide bonds. The quantitative estimate of drug-likeness (QED) is 0.701. The number of aromatic nitrogens is 5. The van der Waals surface area contributed by atoms with E-state index in [0.717, 1.165) is 11.8 Å². The van der Waals surface area contributed by atoms with Crippen LogP contribution in [0, 0.1) is 0 Å². The molecule has 8 heteroatoms. The zero-order valence-electron chi connectivity index (χ0n) is 12.8. The standard InChI is InChI=1S/C16H16N6O2/c23-15-9-18-14(8-19-15)16(24)21-13(12-4-2-1-3-5-12)6-7-22-11-17-10-20-22/h1-5,8-11,13H,6-7H2,(H,19,23)(H,21,24)/t13-/m1/s1. The number of amides is 1. The van der Waals surface area contributed by atoms with E-state index in [1.165, 1.54) is 12.5 Å². The molecular weight excluding hydrogens is 308 g/mol. The van der Waals surface area contributed by atoms with Crippen LogP contribution in [-0.2, 0) is 6.54 Å². The summed E-state index contributed by atoms with van der Waals surface area (Å²) in [5.74, 6) is -0.348. The van der Waals surface area contributed by atoms with Crippen molar-refractivity contribution in [2.45, 2.75) is 19.0 Å². The predicted molar refractivity (Wildman–Crippen MR) is 86.1 cm³/mol. The summed E-state index contributed by atoms with van der Waals surface area (Å²) in [5, 5.41) is 7.02. The average Bonchev–Trinajstić information content (AvgIpc) is 3.13. The van der Waals surface area contributed by atoms with Gasteiger partial charge in [0.05, 0.1) is 12.2 Å². The van der Waals surface area contributed by atoms with E-state index in [1.54, 1.807) is 11.0 Å². The van der Waals surface area contributed by atoms with Gasteiger partial charge in [0.25, 0.3) is 11.5 Å². The van der Waals surface area contributed by atoms with E-state index in [2.05, 4.69) is 25.4 Å². The molecular formula is C16H16N6O2. The Morgan fingerprint density at radius 1 is 1.29 bits per heavy atom. The molecule has 0 aliphatic rings. The van der Waals surface area contributed by atoms with Crippen LogP contribution in [0.2, 0.25) is 0 Å². The Labute approximate surface area is 137 Å². The number of aryl methyl sites for hydroxylation is 1. The van der Waals surface area contributed by atoms with Crippen molar-refractivity contribution in [3.05, 3.63) is 77.0 Å². The fourth-order valence-electron chi connectivity index (χ4n) is 2.32. The fraction of sp³-hybridized carbons (Fsp3) is 0.188. The third-order valence-electron chi connectivity index (χ3n) is 3.53. The van der Waals surface area contributed by atoms with Crippen LogP contribution >= 0.6 is 0 Å². The third-order valence-corrected chi connectivity index (χ3v) is 3.53. The van der Waals surface area contributed by atoms with Gasteiger partial charge in [-0.3, -0.25) is 14.3 Å². The lowest BCUT2D eigenvalue weighted by Crippen LogP contribution is -2.30. The minimum absolute atomic E-state index is 0.163. The highest BCUT2D eigenvalue weighted by atomic mass is 16.2. The van der Waals surface area contributed by atoms with E-state index in [9.17, 15) is 9.59 Å². The summed E-state index contributed by atoms with van der Waals surface area (Å²) in [5.41, 5.74) is 0.795. The zero-order chi connectivity index (χ0) is 16.8. The molecule has 1 atom stereocenters. The maximum atomic E-state index is 12.4. The second-order valence-corrected chi connectivity index (χ2v) is 5.18. The molecule has 0 saturated heterocycles. The fourth-order valence-corrected chi connectivity index (χ4v) is 2.32. The van der Waals surface area contributed by atoms with Crippen LogP contribution in [0.5, 0.6) is 0 Å². The third kappa shape index (κ3) is 3.92. The molecule has 122 valence electrons.